The minimum absolute atomic E-state index is 0.0211. The molecule has 0 spiro atoms. The van der Waals surface area contributed by atoms with Gasteiger partial charge in [-0.1, -0.05) is 11.6 Å². The maximum atomic E-state index is 12.0. The first-order valence-corrected chi connectivity index (χ1v) is 10.5. The van der Waals surface area contributed by atoms with Gasteiger partial charge in [-0.3, -0.25) is 9.08 Å². The number of halogens is 1. The van der Waals surface area contributed by atoms with Crippen molar-refractivity contribution in [3.8, 4) is 5.75 Å². The molecule has 7 nitrogen and oxygen atoms in total. The topological polar surface area (TPSA) is 93.7 Å². The Hall–Kier alpha value is -2.71. The highest BCUT2D eigenvalue weighted by Crippen LogP contribution is 2.39. The average Bonchev–Trinajstić information content (AvgIpc) is 2.93. The van der Waals surface area contributed by atoms with E-state index in [0.29, 0.717) is 30.2 Å². The molecule has 2 aromatic carbocycles. The van der Waals surface area contributed by atoms with Gasteiger partial charge in [-0.05, 0) is 73.0 Å². The molecule has 0 aromatic heterocycles. The van der Waals surface area contributed by atoms with E-state index in [-0.39, 0.29) is 5.91 Å². The van der Waals surface area contributed by atoms with Crippen molar-refractivity contribution in [2.75, 3.05) is 11.9 Å². The van der Waals surface area contributed by atoms with Gasteiger partial charge in [0.25, 0.3) is 0 Å². The Morgan fingerprint density at radius 2 is 2.00 bits per heavy atom. The molecule has 30 heavy (non-hydrogen) atoms. The van der Waals surface area contributed by atoms with E-state index in [1.807, 2.05) is 32.0 Å². The molecule has 0 atom stereocenters. The fourth-order valence-corrected chi connectivity index (χ4v) is 3.53. The Morgan fingerprint density at radius 3 is 2.70 bits per heavy atom. The summed E-state index contributed by atoms with van der Waals surface area (Å²) in [4.78, 5) is 24.4. The molecular weight excluding hydrogens is 426 g/mol. The highest BCUT2D eigenvalue weighted by Gasteiger charge is 2.38. The standard InChI is InChI=1S/C21H22ClN3O4S/c1-21(2)17-13-15(7-10-18(17)24-19(21)26)28-12-4-3-11-25(20(23)27)29-30-16-8-5-14(22)6-9-16/h5-11,13H,3-4,12H2,1-2H3,(H2-,23,24,26,27)/p+1. The number of ether oxygens (including phenoxy) is 1. The van der Waals surface area contributed by atoms with Gasteiger partial charge in [0.2, 0.25) is 5.91 Å². The van der Waals surface area contributed by atoms with Crippen LogP contribution in [-0.2, 0) is 14.5 Å². The molecule has 9 heteroatoms. The van der Waals surface area contributed by atoms with Crippen LogP contribution in [0.4, 0.5) is 10.5 Å². The summed E-state index contributed by atoms with van der Waals surface area (Å²) in [5, 5.41) is 3.49. The summed E-state index contributed by atoms with van der Waals surface area (Å²) in [7, 11) is 0. The number of primary amides is 1. The van der Waals surface area contributed by atoms with Crippen molar-refractivity contribution < 1.29 is 23.3 Å². The lowest BCUT2D eigenvalue weighted by molar-refractivity contribution is -0.658. The van der Waals surface area contributed by atoms with E-state index in [1.54, 1.807) is 30.5 Å². The lowest BCUT2D eigenvalue weighted by Gasteiger charge is -2.16. The van der Waals surface area contributed by atoms with Gasteiger partial charge in [0.05, 0.1) is 16.9 Å². The molecule has 0 bridgehead atoms. The Labute approximate surface area is 184 Å². The van der Waals surface area contributed by atoms with Gasteiger partial charge in [-0.15, -0.1) is 0 Å². The normalized spacial score (nSPS) is 14.8. The van der Waals surface area contributed by atoms with Crippen LogP contribution in [-0.4, -0.2) is 29.5 Å². The molecule has 3 rings (SSSR count). The monoisotopic (exact) mass is 448 g/mol. The maximum absolute atomic E-state index is 12.0. The number of nitrogens with one attached hydrogen (secondary N) is 1. The number of hydroxylamine groups is 1. The Bertz CT molecular complexity index is 977. The number of urea groups is 1. The summed E-state index contributed by atoms with van der Waals surface area (Å²) in [6.07, 6.45) is 2.75. The van der Waals surface area contributed by atoms with Crippen LogP contribution >= 0.6 is 23.6 Å². The van der Waals surface area contributed by atoms with Gasteiger partial charge in [0.15, 0.2) is 0 Å². The fraction of sp³-hybridized carbons (Fsp3) is 0.286. The van der Waals surface area contributed by atoms with Crippen LogP contribution < -0.4 is 15.8 Å². The Morgan fingerprint density at radius 1 is 1.27 bits per heavy atom. The van der Waals surface area contributed by atoms with Crippen molar-refractivity contribution in [1.82, 2.24) is 0 Å². The molecule has 0 radical (unpaired) electrons. The van der Waals surface area contributed by atoms with Crippen LogP contribution in [0.5, 0.6) is 5.75 Å². The molecule has 2 aromatic rings. The second kappa shape index (κ2) is 9.40. The smallest absolute Gasteiger partial charge is 0.494 e. The average molecular weight is 449 g/mol. The minimum Gasteiger partial charge on any atom is -0.494 e. The number of fused-ring (bicyclic) bond motifs is 1. The zero-order valence-corrected chi connectivity index (χ0v) is 18.3. The van der Waals surface area contributed by atoms with E-state index in [9.17, 15) is 9.59 Å². The zero-order chi connectivity index (χ0) is 21.7. The fourth-order valence-electron chi connectivity index (χ4n) is 2.85. The van der Waals surface area contributed by atoms with Gasteiger partial charge >= 0.3 is 6.03 Å². The highest BCUT2D eigenvalue weighted by atomic mass is 35.5. The molecule has 3 N–H and O–H groups in total. The number of carbonyl (C=O) groups excluding carboxylic acids is 2. The number of amides is 3. The molecule has 1 aliphatic rings. The van der Waals surface area contributed by atoms with E-state index in [4.69, 9.17) is 26.4 Å². The van der Waals surface area contributed by atoms with Crippen LogP contribution in [0, 0.1) is 0 Å². The SMILES string of the molecule is CC1(C)C(=O)Nc2ccc(OCCCC=[N+](OSc3ccc(Cl)cc3)C(N)=O)cc21. The molecular formula is C21H23ClN3O4S+. The van der Waals surface area contributed by atoms with Crippen molar-refractivity contribution >= 4 is 47.5 Å². The number of benzene rings is 2. The third-order valence-electron chi connectivity index (χ3n) is 4.64. The number of nitrogens with zero attached hydrogens (tertiary/aromatic N) is 1. The number of nitrogens with two attached hydrogens (primary N) is 1. The molecule has 0 unspecified atom stereocenters. The predicted molar refractivity (Wildman–Crippen MR) is 117 cm³/mol. The van der Waals surface area contributed by atoms with Gasteiger partial charge in [-0.2, -0.15) is 4.79 Å². The third-order valence-corrected chi connectivity index (χ3v) is 5.59. The van der Waals surface area contributed by atoms with E-state index in [0.717, 1.165) is 32.9 Å². The number of hydrogen-bond donors (Lipinski definition) is 2. The van der Waals surface area contributed by atoms with E-state index in [1.165, 1.54) is 0 Å². The summed E-state index contributed by atoms with van der Waals surface area (Å²) in [6.45, 7) is 4.20. The number of rotatable bonds is 8. The molecule has 0 fully saturated rings. The summed E-state index contributed by atoms with van der Waals surface area (Å²) in [5.41, 5.74) is 6.51. The summed E-state index contributed by atoms with van der Waals surface area (Å²) in [6, 6.07) is 11.9. The van der Waals surface area contributed by atoms with Crippen LogP contribution in [0.25, 0.3) is 0 Å². The predicted octanol–water partition coefficient (Wildman–Crippen LogP) is 4.53. The summed E-state index contributed by atoms with van der Waals surface area (Å²) in [5.74, 6) is 0.673. The minimum atomic E-state index is -0.713. The second-order valence-corrected chi connectivity index (χ2v) is 8.46. The van der Waals surface area contributed by atoms with Crippen LogP contribution in [0.3, 0.4) is 0 Å². The first-order chi connectivity index (χ1) is 14.3. The molecule has 158 valence electrons. The quantitative estimate of drug-likeness (QED) is 0.203. The van der Waals surface area contributed by atoms with Crippen LogP contribution in [0.2, 0.25) is 5.02 Å². The number of carbonyl (C=O) groups is 2. The van der Waals surface area contributed by atoms with E-state index in [2.05, 4.69) is 5.32 Å². The molecule has 3 amide bonds. The third kappa shape index (κ3) is 5.25. The van der Waals surface area contributed by atoms with Crippen molar-refractivity contribution in [2.24, 2.45) is 5.73 Å². The summed E-state index contributed by atoms with van der Waals surface area (Å²) < 4.78 is 12.2. The van der Waals surface area contributed by atoms with E-state index < -0.39 is 11.4 Å². The lowest BCUT2D eigenvalue weighted by atomic mass is 9.86. The van der Waals surface area contributed by atoms with Crippen molar-refractivity contribution in [3.63, 3.8) is 0 Å². The maximum Gasteiger partial charge on any atom is 0.528 e. The number of anilines is 1. The van der Waals surface area contributed by atoms with Crippen LogP contribution in [0.1, 0.15) is 32.3 Å². The first kappa shape index (κ1) is 22.0. The highest BCUT2D eigenvalue weighted by molar-refractivity contribution is 7.94. The van der Waals surface area contributed by atoms with Gasteiger partial charge < -0.3 is 10.1 Å². The van der Waals surface area contributed by atoms with E-state index >= 15 is 0 Å². The van der Waals surface area contributed by atoms with Crippen molar-refractivity contribution in [2.45, 2.75) is 37.0 Å². The van der Waals surface area contributed by atoms with Crippen molar-refractivity contribution in [1.29, 1.82) is 0 Å². The van der Waals surface area contributed by atoms with Crippen molar-refractivity contribution in [3.05, 3.63) is 53.1 Å². The van der Waals surface area contributed by atoms with Gasteiger partial charge in [-0.25, -0.2) is 5.73 Å². The first-order valence-electron chi connectivity index (χ1n) is 9.38. The molecule has 1 aliphatic heterocycles. The van der Waals surface area contributed by atoms with Gasteiger partial charge in [0, 0.05) is 17.1 Å². The number of unbranched alkanes of at least 4 members (excludes halogenated alkanes) is 1. The van der Waals surface area contributed by atoms with Gasteiger partial charge in [0.1, 0.15) is 24.0 Å². The molecule has 0 saturated heterocycles. The molecule has 1 heterocycles. The largest absolute Gasteiger partial charge is 0.528 e. The zero-order valence-electron chi connectivity index (χ0n) is 16.7. The number of hydrogen-bond acceptors (Lipinski definition) is 5. The Kier molecular flexibility index (Phi) is 6.89. The molecule has 0 aliphatic carbocycles. The van der Waals surface area contributed by atoms with Crippen LogP contribution in [0.15, 0.2) is 47.4 Å². The lowest BCUT2D eigenvalue weighted by Crippen LogP contribution is -2.26. The molecule has 0 saturated carbocycles. The second-order valence-electron chi connectivity index (χ2n) is 7.24. The summed E-state index contributed by atoms with van der Waals surface area (Å²) >= 11 is 6.85. The Balaban J connectivity index is 1.49.